The van der Waals surface area contributed by atoms with Crippen molar-refractivity contribution in [3.8, 4) is 0 Å². The summed E-state index contributed by atoms with van der Waals surface area (Å²) in [5, 5.41) is 23.3. The second kappa shape index (κ2) is 78.3. The van der Waals surface area contributed by atoms with E-state index in [0.29, 0.717) is 19.4 Å². The largest absolute Gasteiger partial charge is 0.466 e. The molecule has 0 radical (unpaired) electrons. The van der Waals surface area contributed by atoms with Crippen molar-refractivity contribution in [3.05, 3.63) is 48.6 Å². The van der Waals surface area contributed by atoms with Gasteiger partial charge >= 0.3 is 5.97 Å². The Morgan fingerprint density at radius 3 is 0.899 bits per heavy atom. The fraction of sp³-hybridized carbons (Fsp3) is 0.880. The highest BCUT2D eigenvalue weighted by Gasteiger charge is 2.18. The van der Waals surface area contributed by atoms with Crippen LogP contribution in [0.5, 0.6) is 0 Å². The zero-order chi connectivity index (χ0) is 64.2. The summed E-state index contributed by atoms with van der Waals surface area (Å²) in [7, 11) is 0. The van der Waals surface area contributed by atoms with Crippen LogP contribution in [0.15, 0.2) is 48.6 Å². The van der Waals surface area contributed by atoms with Crippen LogP contribution in [0.4, 0.5) is 0 Å². The van der Waals surface area contributed by atoms with Crippen molar-refractivity contribution in [2.75, 3.05) is 13.2 Å². The maximum Gasteiger partial charge on any atom is 0.305 e. The van der Waals surface area contributed by atoms with Crippen molar-refractivity contribution in [2.45, 2.75) is 456 Å². The molecular formula is C83H157NO5. The maximum atomic E-state index is 12.5. The summed E-state index contributed by atoms with van der Waals surface area (Å²) >= 11 is 0. The molecule has 0 bridgehead atoms. The second-order valence-corrected chi connectivity index (χ2v) is 27.7. The third kappa shape index (κ3) is 74.7. The zero-order valence-electron chi connectivity index (χ0n) is 60.2. The monoisotopic (exact) mass is 1250 g/mol. The minimum atomic E-state index is -0.843. The summed E-state index contributed by atoms with van der Waals surface area (Å²) in [5.74, 6) is -0.0528. The topological polar surface area (TPSA) is 95.9 Å². The number of hydrogen-bond acceptors (Lipinski definition) is 5. The molecule has 0 fully saturated rings. The van der Waals surface area contributed by atoms with E-state index in [1.165, 1.54) is 366 Å². The predicted octanol–water partition coefficient (Wildman–Crippen LogP) is 26.8. The number of allylic oxidation sites excluding steroid dienone is 7. The number of aliphatic hydroxyl groups excluding tert-OH is 2. The fourth-order valence-corrected chi connectivity index (χ4v) is 12.7. The minimum absolute atomic E-state index is 0.00692. The molecule has 3 N–H and O–H groups in total. The van der Waals surface area contributed by atoms with E-state index in [1.54, 1.807) is 6.08 Å². The summed E-state index contributed by atoms with van der Waals surface area (Å²) in [5.41, 5.74) is 0. The first-order valence-corrected chi connectivity index (χ1v) is 40.4. The average Bonchev–Trinajstić information content (AvgIpc) is 3.60. The molecule has 6 nitrogen and oxygen atoms in total. The molecule has 0 heterocycles. The third-order valence-corrected chi connectivity index (χ3v) is 18.8. The molecule has 0 spiro atoms. The van der Waals surface area contributed by atoms with E-state index in [1.807, 2.05) is 6.08 Å². The summed E-state index contributed by atoms with van der Waals surface area (Å²) in [6.07, 6.45) is 104. The summed E-state index contributed by atoms with van der Waals surface area (Å²) < 4.78 is 5.49. The van der Waals surface area contributed by atoms with E-state index in [0.717, 1.165) is 51.4 Å². The highest BCUT2D eigenvalue weighted by Crippen LogP contribution is 2.20. The number of ether oxygens (including phenoxy) is 1. The Kier molecular flexibility index (Phi) is 76.3. The maximum absolute atomic E-state index is 12.5. The molecule has 0 aliphatic carbocycles. The number of esters is 1. The van der Waals surface area contributed by atoms with E-state index in [-0.39, 0.29) is 18.5 Å². The Morgan fingerprint density at radius 2 is 0.573 bits per heavy atom. The fourth-order valence-electron chi connectivity index (χ4n) is 12.7. The van der Waals surface area contributed by atoms with Gasteiger partial charge in [-0.2, -0.15) is 0 Å². The lowest BCUT2D eigenvalue weighted by molar-refractivity contribution is -0.143. The lowest BCUT2D eigenvalue weighted by Crippen LogP contribution is -2.45. The van der Waals surface area contributed by atoms with Gasteiger partial charge in [-0.25, -0.2) is 0 Å². The first kappa shape index (κ1) is 86.8. The van der Waals surface area contributed by atoms with Crippen molar-refractivity contribution in [1.29, 1.82) is 0 Å². The molecule has 524 valence electrons. The molecular weight excluding hydrogens is 1090 g/mol. The Hall–Kier alpha value is -2.18. The standard InChI is InChI=1S/C83H157NO5/c1-3-5-7-9-11-13-15-17-19-20-21-39-42-45-48-51-55-59-63-67-71-75-81(86)80(79-85)84-82(87)76-72-68-64-60-56-52-49-46-43-40-37-35-33-31-29-27-25-23-22-24-26-28-30-32-34-36-38-41-44-47-50-54-58-62-66-70-74-78-89-83(88)77-73-69-65-61-57-53-18-16-14-12-10-8-6-4-2/h10,12,16,18,22,24,71,75,80-81,85-86H,3-9,11,13-15,17,19-21,23,25-70,72-74,76-79H2,1-2H3,(H,84,87)/b12-10-,18-16-,24-22-,75-71+. The van der Waals surface area contributed by atoms with Crippen molar-refractivity contribution in [2.24, 2.45) is 0 Å². The minimum Gasteiger partial charge on any atom is -0.466 e. The highest BCUT2D eigenvalue weighted by atomic mass is 16.5. The van der Waals surface area contributed by atoms with Crippen LogP contribution >= 0.6 is 0 Å². The summed E-state index contributed by atoms with van der Waals surface area (Å²) in [6.45, 7) is 4.90. The number of carbonyl (C=O) groups is 2. The van der Waals surface area contributed by atoms with Crippen LogP contribution < -0.4 is 5.32 Å². The van der Waals surface area contributed by atoms with E-state index in [2.05, 4.69) is 55.6 Å². The van der Waals surface area contributed by atoms with Crippen molar-refractivity contribution in [1.82, 2.24) is 5.32 Å². The normalized spacial score (nSPS) is 12.7. The van der Waals surface area contributed by atoms with Crippen LogP contribution in [0.2, 0.25) is 0 Å². The van der Waals surface area contributed by atoms with Gasteiger partial charge in [0.15, 0.2) is 0 Å². The molecule has 2 atom stereocenters. The number of nitrogens with one attached hydrogen (secondary N) is 1. The van der Waals surface area contributed by atoms with E-state index in [4.69, 9.17) is 4.74 Å². The first-order chi connectivity index (χ1) is 44.0. The molecule has 0 aromatic rings. The Balaban J connectivity index is 3.36. The smallest absolute Gasteiger partial charge is 0.305 e. The van der Waals surface area contributed by atoms with Gasteiger partial charge in [0.25, 0.3) is 0 Å². The number of carbonyl (C=O) groups excluding carboxylic acids is 2. The summed E-state index contributed by atoms with van der Waals surface area (Å²) in [4.78, 5) is 24.6. The lowest BCUT2D eigenvalue weighted by atomic mass is 10.0. The lowest BCUT2D eigenvalue weighted by Gasteiger charge is -2.20. The SMILES string of the molecule is CCCC/C=C\C/C=C\CCCCCCCC(=O)OCCCCCCCCCCCCCCCCCC/C=C\CCCCCCCCCCCCCCCCCCCC(=O)NC(CO)C(O)/C=C/CCCCCCCCCCCCCCCCCCCCC. The van der Waals surface area contributed by atoms with Crippen LogP contribution in [0.1, 0.15) is 444 Å². The van der Waals surface area contributed by atoms with Gasteiger partial charge in [-0.05, 0) is 83.5 Å². The molecule has 89 heavy (non-hydrogen) atoms. The number of unbranched alkanes of at least 4 members (excludes halogenated alkanes) is 59. The van der Waals surface area contributed by atoms with Crippen molar-refractivity contribution in [3.63, 3.8) is 0 Å². The molecule has 6 heteroatoms. The second-order valence-electron chi connectivity index (χ2n) is 27.7. The van der Waals surface area contributed by atoms with Crippen LogP contribution in [0.3, 0.4) is 0 Å². The number of aliphatic hydroxyl groups is 2. The molecule has 0 saturated heterocycles. The number of rotatable bonds is 76. The van der Waals surface area contributed by atoms with Crippen LogP contribution in [0.25, 0.3) is 0 Å². The molecule has 0 aromatic carbocycles. The number of amides is 1. The van der Waals surface area contributed by atoms with Crippen molar-refractivity contribution >= 4 is 11.9 Å². The van der Waals surface area contributed by atoms with Crippen LogP contribution in [-0.2, 0) is 14.3 Å². The molecule has 0 aliphatic rings. The van der Waals surface area contributed by atoms with Gasteiger partial charge in [0.1, 0.15) is 0 Å². The van der Waals surface area contributed by atoms with Gasteiger partial charge in [0.2, 0.25) is 5.91 Å². The van der Waals surface area contributed by atoms with Gasteiger partial charge in [-0.1, -0.05) is 396 Å². The Labute approximate surface area is 556 Å². The Bertz CT molecular complexity index is 1490. The van der Waals surface area contributed by atoms with Gasteiger partial charge < -0.3 is 20.3 Å². The van der Waals surface area contributed by atoms with E-state index in [9.17, 15) is 19.8 Å². The zero-order valence-corrected chi connectivity index (χ0v) is 60.2. The molecule has 0 rings (SSSR count). The number of hydrogen-bond donors (Lipinski definition) is 3. The van der Waals surface area contributed by atoms with Gasteiger partial charge in [0, 0.05) is 12.8 Å². The molecule has 0 aromatic heterocycles. The van der Waals surface area contributed by atoms with Gasteiger partial charge in [0.05, 0.1) is 25.4 Å². The molecule has 1 amide bonds. The van der Waals surface area contributed by atoms with Crippen LogP contribution in [0, 0.1) is 0 Å². The molecule has 0 saturated carbocycles. The highest BCUT2D eigenvalue weighted by molar-refractivity contribution is 5.76. The third-order valence-electron chi connectivity index (χ3n) is 18.8. The average molecular weight is 1250 g/mol. The van der Waals surface area contributed by atoms with Crippen LogP contribution in [-0.4, -0.2) is 47.4 Å². The van der Waals surface area contributed by atoms with Gasteiger partial charge in [-0.15, -0.1) is 0 Å². The summed E-state index contributed by atoms with van der Waals surface area (Å²) in [6, 6.07) is -0.626. The van der Waals surface area contributed by atoms with E-state index < -0.39 is 12.1 Å². The van der Waals surface area contributed by atoms with E-state index >= 15 is 0 Å². The van der Waals surface area contributed by atoms with Crippen molar-refractivity contribution < 1.29 is 24.5 Å². The Morgan fingerprint density at radius 1 is 0.315 bits per heavy atom. The predicted molar refractivity (Wildman–Crippen MR) is 393 cm³/mol. The quantitative estimate of drug-likeness (QED) is 0.0320. The molecule has 2 unspecified atom stereocenters. The first-order valence-electron chi connectivity index (χ1n) is 40.4. The molecule has 0 aliphatic heterocycles. The van der Waals surface area contributed by atoms with Gasteiger partial charge in [-0.3, -0.25) is 9.59 Å².